The molecule has 0 fully saturated rings. The Bertz CT molecular complexity index is 427. The van der Waals surface area contributed by atoms with Gasteiger partial charge in [0.1, 0.15) is 0 Å². The lowest BCUT2D eigenvalue weighted by Gasteiger charge is -2.21. The summed E-state index contributed by atoms with van der Waals surface area (Å²) < 4.78 is 23.9. The Morgan fingerprint density at radius 3 is 2.47 bits per heavy atom. The molecular formula is C9H14BrNO2S2. The molecule has 0 saturated heterocycles. The molecule has 0 radical (unpaired) electrons. The van der Waals surface area contributed by atoms with Crippen molar-refractivity contribution in [2.45, 2.75) is 18.2 Å². The van der Waals surface area contributed by atoms with Crippen molar-refractivity contribution >= 4 is 37.1 Å². The van der Waals surface area contributed by atoms with Gasteiger partial charge in [0.05, 0.1) is 11.3 Å². The molecule has 0 aliphatic rings. The Hall–Kier alpha value is 0.0900. The van der Waals surface area contributed by atoms with Gasteiger partial charge in [0.15, 0.2) is 9.84 Å². The minimum absolute atomic E-state index is 0.158. The van der Waals surface area contributed by atoms with Crippen LogP contribution >= 0.6 is 27.3 Å². The molecule has 1 heterocycles. The van der Waals surface area contributed by atoms with Crippen molar-refractivity contribution < 1.29 is 8.42 Å². The number of sulfone groups is 1. The molecule has 1 aromatic rings. The second kappa shape index (κ2) is 4.95. The first-order valence-electron chi connectivity index (χ1n) is 4.47. The van der Waals surface area contributed by atoms with Gasteiger partial charge in [-0.05, 0) is 41.3 Å². The molecule has 0 aliphatic carbocycles. The molecule has 15 heavy (non-hydrogen) atoms. The molecule has 0 aromatic carbocycles. The van der Waals surface area contributed by atoms with Gasteiger partial charge in [-0.3, -0.25) is 0 Å². The van der Waals surface area contributed by atoms with Crippen molar-refractivity contribution in [3.05, 3.63) is 20.8 Å². The molecule has 0 spiro atoms. The maximum Gasteiger partial charge on any atom is 0.151 e. The van der Waals surface area contributed by atoms with Crippen molar-refractivity contribution in [3.8, 4) is 0 Å². The molecule has 1 aromatic heterocycles. The summed E-state index contributed by atoms with van der Waals surface area (Å²) in [6, 6.07) is 1.77. The molecule has 2 unspecified atom stereocenters. The molecule has 0 aliphatic heterocycles. The quantitative estimate of drug-likeness (QED) is 0.927. The van der Waals surface area contributed by atoms with E-state index < -0.39 is 15.1 Å². The zero-order chi connectivity index (χ0) is 11.6. The maximum absolute atomic E-state index is 11.5. The van der Waals surface area contributed by atoms with E-state index in [1.807, 2.05) is 11.4 Å². The van der Waals surface area contributed by atoms with Crippen LogP contribution in [0.15, 0.2) is 15.9 Å². The lowest BCUT2D eigenvalue weighted by atomic mass is 10.2. The number of hydrogen-bond donors (Lipinski definition) is 1. The second-order valence-corrected chi connectivity index (χ2v) is 7.64. The van der Waals surface area contributed by atoms with Gasteiger partial charge in [0, 0.05) is 15.6 Å². The van der Waals surface area contributed by atoms with E-state index in [1.165, 1.54) is 6.26 Å². The van der Waals surface area contributed by atoms with Crippen LogP contribution in [0.3, 0.4) is 0 Å². The predicted molar refractivity (Wildman–Crippen MR) is 68.1 cm³/mol. The summed E-state index contributed by atoms with van der Waals surface area (Å²) in [5.41, 5.74) is 0. The highest BCUT2D eigenvalue weighted by molar-refractivity contribution is 9.10. The van der Waals surface area contributed by atoms with Crippen LogP contribution in [0.25, 0.3) is 0 Å². The van der Waals surface area contributed by atoms with E-state index in [9.17, 15) is 8.42 Å². The van der Waals surface area contributed by atoms with Crippen LogP contribution in [-0.4, -0.2) is 27.0 Å². The third kappa shape index (κ3) is 3.03. The van der Waals surface area contributed by atoms with Crippen molar-refractivity contribution in [1.29, 1.82) is 0 Å². The molecule has 0 saturated carbocycles. The van der Waals surface area contributed by atoms with Crippen LogP contribution < -0.4 is 5.32 Å². The fraction of sp³-hybridized carbons (Fsp3) is 0.556. The Morgan fingerprint density at radius 2 is 2.13 bits per heavy atom. The molecule has 86 valence electrons. The molecule has 2 atom stereocenters. The zero-order valence-electron chi connectivity index (χ0n) is 8.82. The summed E-state index contributed by atoms with van der Waals surface area (Å²) in [7, 11) is -1.26. The summed E-state index contributed by atoms with van der Waals surface area (Å²) in [6.45, 7) is 1.72. The minimum atomic E-state index is -3.03. The van der Waals surface area contributed by atoms with E-state index in [1.54, 1.807) is 25.3 Å². The summed E-state index contributed by atoms with van der Waals surface area (Å²) in [5.74, 6) is 0. The average molecular weight is 312 g/mol. The Labute approximate surface area is 103 Å². The van der Waals surface area contributed by atoms with E-state index >= 15 is 0 Å². The molecule has 6 heteroatoms. The second-order valence-electron chi connectivity index (χ2n) is 3.43. The first kappa shape index (κ1) is 13.2. The summed E-state index contributed by atoms with van der Waals surface area (Å²) >= 11 is 4.97. The Kier molecular flexibility index (Phi) is 4.34. The van der Waals surface area contributed by atoms with Gasteiger partial charge >= 0.3 is 0 Å². The van der Waals surface area contributed by atoms with Crippen molar-refractivity contribution in [2.24, 2.45) is 0 Å². The van der Waals surface area contributed by atoms with Crippen molar-refractivity contribution in [1.82, 2.24) is 5.32 Å². The molecule has 1 N–H and O–H groups in total. The number of nitrogens with one attached hydrogen (secondary N) is 1. The normalized spacial score (nSPS) is 16.3. The highest BCUT2D eigenvalue weighted by Gasteiger charge is 2.28. The average Bonchev–Trinajstić information content (AvgIpc) is 2.52. The molecule has 0 bridgehead atoms. The number of hydrogen-bond acceptors (Lipinski definition) is 4. The number of rotatable bonds is 4. The van der Waals surface area contributed by atoms with Crippen molar-refractivity contribution in [3.63, 3.8) is 0 Å². The monoisotopic (exact) mass is 311 g/mol. The fourth-order valence-corrected chi connectivity index (χ4v) is 4.04. The Morgan fingerprint density at radius 1 is 1.53 bits per heavy atom. The minimum Gasteiger partial charge on any atom is -0.311 e. The number of halogens is 1. The number of thiophene rings is 1. The lowest BCUT2D eigenvalue weighted by Crippen LogP contribution is -2.32. The van der Waals surface area contributed by atoms with Gasteiger partial charge in [-0.1, -0.05) is 0 Å². The molecule has 1 rings (SSSR count). The first-order chi connectivity index (χ1) is 6.88. The highest BCUT2D eigenvalue weighted by Crippen LogP contribution is 2.32. The first-order valence-corrected chi connectivity index (χ1v) is 8.09. The van der Waals surface area contributed by atoms with Crippen LogP contribution in [0, 0.1) is 0 Å². The summed E-state index contributed by atoms with van der Waals surface area (Å²) in [5, 5.41) is 4.56. The van der Waals surface area contributed by atoms with Crippen molar-refractivity contribution in [2.75, 3.05) is 13.3 Å². The molecule has 0 amide bonds. The van der Waals surface area contributed by atoms with E-state index in [0.717, 1.165) is 9.35 Å². The Balaban J connectivity index is 3.06. The van der Waals surface area contributed by atoms with Crippen LogP contribution in [-0.2, 0) is 9.84 Å². The van der Waals surface area contributed by atoms with E-state index in [2.05, 4.69) is 21.2 Å². The van der Waals surface area contributed by atoms with Gasteiger partial charge in [-0.2, -0.15) is 0 Å². The van der Waals surface area contributed by atoms with Crippen LogP contribution in [0.2, 0.25) is 0 Å². The van der Waals surface area contributed by atoms with Gasteiger partial charge in [0.2, 0.25) is 0 Å². The lowest BCUT2D eigenvalue weighted by molar-refractivity contribution is 0.539. The van der Waals surface area contributed by atoms with Crippen LogP contribution in [0.4, 0.5) is 0 Å². The SMILES string of the molecule is CNC(c1sccc1Br)C(C)S(C)(=O)=O. The third-order valence-electron chi connectivity index (χ3n) is 2.38. The fourth-order valence-electron chi connectivity index (χ4n) is 1.35. The zero-order valence-corrected chi connectivity index (χ0v) is 12.0. The highest BCUT2D eigenvalue weighted by atomic mass is 79.9. The van der Waals surface area contributed by atoms with E-state index in [-0.39, 0.29) is 6.04 Å². The maximum atomic E-state index is 11.5. The summed E-state index contributed by atoms with van der Waals surface area (Å²) in [4.78, 5) is 1.02. The topological polar surface area (TPSA) is 46.2 Å². The molecule has 3 nitrogen and oxygen atoms in total. The van der Waals surface area contributed by atoms with E-state index in [4.69, 9.17) is 0 Å². The summed E-state index contributed by atoms with van der Waals surface area (Å²) in [6.07, 6.45) is 1.27. The van der Waals surface area contributed by atoms with E-state index in [0.29, 0.717) is 0 Å². The smallest absolute Gasteiger partial charge is 0.151 e. The van der Waals surface area contributed by atoms with Gasteiger partial charge < -0.3 is 5.32 Å². The molecular weight excluding hydrogens is 298 g/mol. The van der Waals surface area contributed by atoms with Gasteiger partial charge in [-0.25, -0.2) is 8.42 Å². The van der Waals surface area contributed by atoms with Gasteiger partial charge in [-0.15, -0.1) is 11.3 Å². The van der Waals surface area contributed by atoms with Crippen LogP contribution in [0.1, 0.15) is 17.8 Å². The standard InChI is InChI=1S/C9H14BrNO2S2/c1-6(15(3,12)13)8(11-2)9-7(10)4-5-14-9/h4-6,8,11H,1-3H3. The van der Waals surface area contributed by atoms with Gasteiger partial charge in [0.25, 0.3) is 0 Å². The third-order valence-corrected chi connectivity index (χ3v) is 5.96. The predicted octanol–water partition coefficient (Wildman–Crippen LogP) is 2.20. The van der Waals surface area contributed by atoms with Crippen LogP contribution in [0.5, 0.6) is 0 Å². The largest absolute Gasteiger partial charge is 0.311 e.